The van der Waals surface area contributed by atoms with Gasteiger partial charge < -0.3 is 30.2 Å². The first-order chi connectivity index (χ1) is 16.4. The molecule has 1 atom stereocenters. The van der Waals surface area contributed by atoms with Crippen molar-refractivity contribution in [1.82, 2.24) is 9.88 Å². The van der Waals surface area contributed by atoms with Crippen LogP contribution in [0.15, 0.2) is 42.6 Å². The number of halogens is 1. The van der Waals surface area contributed by atoms with Crippen molar-refractivity contribution < 1.29 is 23.8 Å². The van der Waals surface area contributed by atoms with E-state index in [1.54, 1.807) is 6.07 Å². The zero-order valence-corrected chi connectivity index (χ0v) is 19.4. The minimum Gasteiger partial charge on any atom is -0.488 e. The monoisotopic (exact) mass is 469 g/mol. The molecule has 0 aliphatic heterocycles. The second kappa shape index (κ2) is 10.9. The minimum atomic E-state index is -0.465. The van der Waals surface area contributed by atoms with E-state index < -0.39 is 5.91 Å². The van der Waals surface area contributed by atoms with Crippen LogP contribution < -0.4 is 20.5 Å². The molecule has 2 aromatic carbocycles. The van der Waals surface area contributed by atoms with E-state index in [2.05, 4.69) is 18.3 Å². The fourth-order valence-electron chi connectivity index (χ4n) is 4.10. The van der Waals surface area contributed by atoms with Crippen LogP contribution in [0.4, 0.5) is 4.39 Å². The van der Waals surface area contributed by atoms with Gasteiger partial charge in [-0.2, -0.15) is 0 Å². The van der Waals surface area contributed by atoms with Crippen molar-refractivity contribution in [3.8, 4) is 11.5 Å². The Morgan fingerprint density at radius 1 is 1.26 bits per heavy atom. The Bertz CT molecular complexity index is 1140. The van der Waals surface area contributed by atoms with E-state index in [1.165, 1.54) is 12.1 Å². The summed E-state index contributed by atoms with van der Waals surface area (Å²) in [5, 5.41) is 13.5. The fraction of sp³-hybridized carbons (Fsp3) is 0.423. The lowest BCUT2D eigenvalue weighted by Crippen LogP contribution is -2.32. The number of rotatable bonds is 13. The molecule has 1 aliphatic carbocycles. The van der Waals surface area contributed by atoms with Crippen LogP contribution in [0.3, 0.4) is 0 Å². The van der Waals surface area contributed by atoms with Crippen molar-refractivity contribution >= 4 is 16.8 Å². The second-order valence-corrected chi connectivity index (χ2v) is 8.85. The highest BCUT2D eigenvalue weighted by molar-refractivity contribution is 6.05. The first-order valence-corrected chi connectivity index (χ1v) is 11.8. The molecular weight excluding hydrogens is 437 g/mol. The maximum atomic E-state index is 13.6. The lowest BCUT2D eigenvalue weighted by Gasteiger charge is -2.17. The molecule has 0 bridgehead atoms. The molecule has 1 heterocycles. The molecule has 0 saturated heterocycles. The van der Waals surface area contributed by atoms with Crippen LogP contribution in [0.2, 0.25) is 0 Å². The van der Waals surface area contributed by atoms with Gasteiger partial charge in [-0.05, 0) is 68.5 Å². The number of benzene rings is 2. The smallest absolute Gasteiger partial charge is 0.250 e. The zero-order chi connectivity index (χ0) is 24.1. The van der Waals surface area contributed by atoms with Crippen molar-refractivity contribution in [2.45, 2.75) is 51.3 Å². The normalized spacial score (nSPS) is 14.3. The fourth-order valence-corrected chi connectivity index (χ4v) is 4.10. The van der Waals surface area contributed by atoms with Gasteiger partial charge in [0, 0.05) is 43.4 Å². The molecule has 1 fully saturated rings. The number of hydrogen-bond acceptors (Lipinski definition) is 5. The predicted octanol–water partition coefficient (Wildman–Crippen LogP) is 3.40. The number of primary amides is 1. The predicted molar refractivity (Wildman–Crippen MR) is 129 cm³/mol. The third-order valence-corrected chi connectivity index (χ3v) is 5.86. The highest BCUT2D eigenvalue weighted by Gasteiger charge is 2.25. The average molecular weight is 470 g/mol. The van der Waals surface area contributed by atoms with E-state index in [1.807, 2.05) is 22.9 Å². The van der Waals surface area contributed by atoms with Gasteiger partial charge in [0.1, 0.15) is 12.4 Å². The quantitative estimate of drug-likeness (QED) is 0.333. The molecule has 0 radical (unpaired) electrons. The third-order valence-electron chi connectivity index (χ3n) is 5.86. The Balaban J connectivity index is 1.34. The average Bonchev–Trinajstić information content (AvgIpc) is 3.53. The third kappa shape index (κ3) is 6.07. The molecule has 1 aliphatic rings. The van der Waals surface area contributed by atoms with E-state index >= 15 is 0 Å². The van der Waals surface area contributed by atoms with E-state index in [9.17, 15) is 9.18 Å². The van der Waals surface area contributed by atoms with Crippen molar-refractivity contribution in [2.75, 3.05) is 19.8 Å². The molecule has 0 unspecified atom stereocenters. The molecule has 34 heavy (non-hydrogen) atoms. The first kappa shape index (κ1) is 24.0. The summed E-state index contributed by atoms with van der Waals surface area (Å²) in [5.74, 6) is 0.192. The number of nitrogens with zero attached hydrogens (tertiary/aromatic N) is 1. The highest BCUT2D eigenvalue weighted by Crippen LogP contribution is 2.34. The van der Waals surface area contributed by atoms with Crippen LogP contribution in [-0.2, 0) is 13.0 Å². The van der Waals surface area contributed by atoms with E-state index in [4.69, 9.17) is 20.3 Å². The topological polar surface area (TPSA) is 98.7 Å². The molecule has 7 nitrogen and oxygen atoms in total. The number of amides is 1. The SMILES string of the molecule is C[C@H](Cc1cc(C(N)=O)c2c(ccn2CCCO)c1)NCCOc1ccc(F)cc1OC1CC1. The largest absolute Gasteiger partial charge is 0.488 e. The maximum absolute atomic E-state index is 13.6. The Morgan fingerprint density at radius 2 is 2.09 bits per heavy atom. The molecule has 8 heteroatoms. The maximum Gasteiger partial charge on any atom is 0.250 e. The number of ether oxygens (including phenoxy) is 2. The number of aliphatic hydroxyl groups is 1. The molecular formula is C26H32FN3O4. The van der Waals surface area contributed by atoms with Crippen molar-refractivity contribution in [3.05, 3.63) is 59.5 Å². The lowest BCUT2D eigenvalue weighted by molar-refractivity contribution is 0.100. The molecule has 1 aromatic heterocycles. The Morgan fingerprint density at radius 3 is 2.82 bits per heavy atom. The number of aryl methyl sites for hydroxylation is 1. The van der Waals surface area contributed by atoms with Gasteiger partial charge in [0.2, 0.25) is 0 Å². The van der Waals surface area contributed by atoms with Gasteiger partial charge in [-0.1, -0.05) is 0 Å². The van der Waals surface area contributed by atoms with Crippen LogP contribution in [0, 0.1) is 5.82 Å². The molecule has 3 aromatic rings. The van der Waals surface area contributed by atoms with Crippen molar-refractivity contribution in [2.24, 2.45) is 5.73 Å². The van der Waals surface area contributed by atoms with Gasteiger partial charge in [0.05, 0.1) is 17.2 Å². The van der Waals surface area contributed by atoms with Gasteiger partial charge >= 0.3 is 0 Å². The Hall–Kier alpha value is -3.10. The molecule has 1 saturated carbocycles. The highest BCUT2D eigenvalue weighted by atomic mass is 19.1. The summed E-state index contributed by atoms with van der Waals surface area (Å²) in [6.45, 7) is 3.80. The Labute approximate surface area is 198 Å². The van der Waals surface area contributed by atoms with Crippen molar-refractivity contribution in [3.63, 3.8) is 0 Å². The van der Waals surface area contributed by atoms with Crippen LogP contribution in [0.25, 0.3) is 10.9 Å². The second-order valence-electron chi connectivity index (χ2n) is 8.85. The molecule has 4 rings (SSSR count). The van der Waals surface area contributed by atoms with Gasteiger partial charge in [-0.3, -0.25) is 4.79 Å². The number of nitrogens with one attached hydrogen (secondary N) is 1. The summed E-state index contributed by atoms with van der Waals surface area (Å²) < 4.78 is 27.1. The number of fused-ring (bicyclic) bond motifs is 1. The molecule has 4 N–H and O–H groups in total. The number of carbonyl (C=O) groups excluding carboxylic acids is 1. The van der Waals surface area contributed by atoms with E-state index in [0.29, 0.717) is 49.6 Å². The summed E-state index contributed by atoms with van der Waals surface area (Å²) in [4.78, 5) is 12.1. The first-order valence-electron chi connectivity index (χ1n) is 11.8. The van der Waals surface area contributed by atoms with E-state index in [0.717, 1.165) is 29.3 Å². The molecule has 1 amide bonds. The van der Waals surface area contributed by atoms with Crippen LogP contribution in [0.1, 0.15) is 42.1 Å². The van der Waals surface area contributed by atoms with Gasteiger partial charge in [0.15, 0.2) is 11.5 Å². The zero-order valence-electron chi connectivity index (χ0n) is 19.4. The number of aromatic nitrogens is 1. The van der Waals surface area contributed by atoms with E-state index in [-0.39, 0.29) is 24.6 Å². The summed E-state index contributed by atoms with van der Waals surface area (Å²) in [6.07, 6.45) is 5.39. The molecule has 0 spiro atoms. The summed E-state index contributed by atoms with van der Waals surface area (Å²) in [7, 11) is 0. The molecule has 182 valence electrons. The Kier molecular flexibility index (Phi) is 7.70. The lowest BCUT2D eigenvalue weighted by atomic mass is 10.0. The van der Waals surface area contributed by atoms with Crippen molar-refractivity contribution in [1.29, 1.82) is 0 Å². The number of hydrogen-bond donors (Lipinski definition) is 3. The summed E-state index contributed by atoms with van der Waals surface area (Å²) in [5.41, 5.74) is 7.99. The standard InChI is InChI=1S/C26H32FN3O4/c1-17(29-8-12-33-23-6-3-20(27)16-24(23)34-21-4-5-21)13-18-14-19-7-10-30(9-2-11-31)25(19)22(15-18)26(28)32/h3,6-7,10,14-17,21,29,31H,2,4-5,8-9,11-13H2,1H3,(H2,28,32)/t17-/m1/s1. The minimum absolute atomic E-state index is 0.0899. The number of carbonyl (C=O) groups is 1. The summed E-state index contributed by atoms with van der Waals surface area (Å²) >= 11 is 0. The van der Waals surface area contributed by atoms with Gasteiger partial charge in [-0.15, -0.1) is 0 Å². The van der Waals surface area contributed by atoms with Crippen LogP contribution in [-0.4, -0.2) is 47.5 Å². The summed E-state index contributed by atoms with van der Waals surface area (Å²) in [6, 6.07) is 10.4. The number of nitrogens with two attached hydrogens (primary N) is 1. The number of aliphatic hydroxyl groups excluding tert-OH is 1. The van der Waals surface area contributed by atoms with Crippen LogP contribution >= 0.6 is 0 Å². The van der Waals surface area contributed by atoms with Gasteiger partial charge in [0.25, 0.3) is 5.91 Å². The van der Waals surface area contributed by atoms with Gasteiger partial charge in [-0.25, -0.2) is 4.39 Å². The van der Waals surface area contributed by atoms with Crippen LogP contribution in [0.5, 0.6) is 11.5 Å².